The maximum atomic E-state index is 5.66. The van der Waals surface area contributed by atoms with Crippen molar-refractivity contribution in [1.82, 2.24) is 0 Å². The Bertz CT molecular complexity index is 143. The van der Waals surface area contributed by atoms with E-state index in [1.165, 1.54) is 109 Å². The molecule has 0 saturated carbocycles. The molecular formula is C18H36ClSi. The number of unbranched alkanes of at least 4 members (excludes halogenated alkanes) is 15. The van der Waals surface area contributed by atoms with Crippen LogP contribution in [0.5, 0.6) is 0 Å². The highest BCUT2D eigenvalue weighted by molar-refractivity contribution is 6.17. The van der Waals surface area contributed by atoms with Gasteiger partial charge in [-0.25, -0.2) is 0 Å². The van der Waals surface area contributed by atoms with Gasteiger partial charge in [-0.05, 0) is 6.42 Å². The molecule has 0 aliphatic heterocycles. The molecule has 119 valence electrons. The average molecular weight is 316 g/mol. The smallest absolute Gasteiger partial charge is 0.0223 e. The Balaban J connectivity index is 2.89. The molecule has 0 fully saturated rings. The molecule has 0 atom stereocenters. The van der Waals surface area contributed by atoms with Gasteiger partial charge >= 0.3 is 0 Å². The average Bonchev–Trinajstić information content (AvgIpc) is 2.47. The van der Waals surface area contributed by atoms with Crippen LogP contribution in [0, 0.1) is 0 Å². The molecule has 20 heavy (non-hydrogen) atoms. The molecule has 0 saturated heterocycles. The van der Waals surface area contributed by atoms with Gasteiger partial charge in [0.15, 0.2) is 0 Å². The molecule has 0 N–H and O–H groups in total. The van der Waals surface area contributed by atoms with Crippen molar-refractivity contribution in [2.75, 3.05) is 5.88 Å². The predicted octanol–water partition coefficient (Wildman–Crippen LogP) is 7.05. The fraction of sp³-hybridized carbons (Fsp3) is 1.00. The van der Waals surface area contributed by atoms with E-state index < -0.39 is 0 Å². The fourth-order valence-electron chi connectivity index (χ4n) is 2.69. The van der Waals surface area contributed by atoms with Gasteiger partial charge in [-0.2, -0.15) is 0 Å². The Morgan fingerprint density at radius 2 is 0.650 bits per heavy atom. The van der Waals surface area contributed by atoms with Gasteiger partial charge in [-0.3, -0.25) is 0 Å². The molecule has 0 rings (SSSR count). The van der Waals surface area contributed by atoms with Gasteiger partial charge in [0.05, 0.1) is 0 Å². The van der Waals surface area contributed by atoms with E-state index in [1.807, 2.05) is 0 Å². The summed E-state index contributed by atoms with van der Waals surface area (Å²) in [5.74, 6) is 0.844. The molecule has 3 radical (unpaired) electrons. The third-order valence-electron chi connectivity index (χ3n) is 4.06. The first-order valence-corrected chi connectivity index (χ1v) is 10.4. The lowest BCUT2D eigenvalue weighted by atomic mass is 10.0. The SMILES string of the molecule is [Si]CCCCCCCCCCCCCCCCCCCl. The van der Waals surface area contributed by atoms with Crippen LogP contribution >= 0.6 is 11.6 Å². The topological polar surface area (TPSA) is 0 Å². The highest BCUT2D eigenvalue weighted by atomic mass is 35.5. The predicted molar refractivity (Wildman–Crippen MR) is 95.2 cm³/mol. The monoisotopic (exact) mass is 315 g/mol. The minimum Gasteiger partial charge on any atom is -0.127 e. The van der Waals surface area contributed by atoms with E-state index in [4.69, 9.17) is 11.6 Å². The lowest BCUT2D eigenvalue weighted by Crippen LogP contribution is -1.84. The largest absolute Gasteiger partial charge is 0.127 e. The number of hydrogen-bond donors (Lipinski definition) is 0. The van der Waals surface area contributed by atoms with Gasteiger partial charge in [0.25, 0.3) is 0 Å². The molecule has 0 bridgehead atoms. The molecule has 0 aliphatic carbocycles. The minimum absolute atomic E-state index is 0.844. The summed E-state index contributed by atoms with van der Waals surface area (Å²) in [5, 5.41) is 0. The molecule has 0 aliphatic rings. The summed E-state index contributed by atoms with van der Waals surface area (Å²) < 4.78 is 0. The number of rotatable bonds is 17. The summed E-state index contributed by atoms with van der Waals surface area (Å²) >= 11 is 5.66. The van der Waals surface area contributed by atoms with Gasteiger partial charge in [0, 0.05) is 16.1 Å². The second kappa shape index (κ2) is 19.5. The zero-order chi connectivity index (χ0) is 14.7. The summed E-state index contributed by atoms with van der Waals surface area (Å²) in [5.41, 5.74) is 0. The van der Waals surface area contributed by atoms with E-state index in [0.717, 1.165) is 5.88 Å². The second-order valence-corrected chi connectivity index (χ2v) is 6.97. The lowest BCUT2D eigenvalue weighted by molar-refractivity contribution is 0.531. The first kappa shape index (κ1) is 20.5. The molecule has 0 aromatic rings. The summed E-state index contributed by atoms with van der Waals surface area (Å²) in [4.78, 5) is 0. The van der Waals surface area contributed by atoms with Gasteiger partial charge in [0.1, 0.15) is 0 Å². The van der Waals surface area contributed by atoms with Crippen molar-refractivity contribution in [1.29, 1.82) is 0 Å². The van der Waals surface area contributed by atoms with Crippen molar-refractivity contribution >= 4 is 21.8 Å². The van der Waals surface area contributed by atoms with Gasteiger partial charge in [-0.1, -0.05) is 102 Å². The molecular weight excluding hydrogens is 280 g/mol. The normalized spacial score (nSPS) is 11.1. The first-order chi connectivity index (χ1) is 9.91. The van der Waals surface area contributed by atoms with E-state index in [-0.39, 0.29) is 0 Å². The van der Waals surface area contributed by atoms with E-state index >= 15 is 0 Å². The van der Waals surface area contributed by atoms with Crippen LogP contribution in [0.3, 0.4) is 0 Å². The van der Waals surface area contributed by atoms with Crippen LogP contribution in [-0.2, 0) is 0 Å². The summed E-state index contributed by atoms with van der Waals surface area (Å²) in [6, 6.07) is 1.17. The van der Waals surface area contributed by atoms with Gasteiger partial charge in [-0.15, -0.1) is 11.6 Å². The Hall–Kier alpha value is 0.507. The van der Waals surface area contributed by atoms with Crippen LogP contribution in [0.4, 0.5) is 0 Å². The van der Waals surface area contributed by atoms with Crippen LogP contribution in [0.25, 0.3) is 0 Å². The summed E-state index contributed by atoms with van der Waals surface area (Å²) in [6.45, 7) is 0. The first-order valence-electron chi connectivity index (χ1n) is 9.12. The van der Waals surface area contributed by atoms with Crippen molar-refractivity contribution in [2.24, 2.45) is 0 Å². The Morgan fingerprint density at radius 3 is 0.900 bits per heavy atom. The number of hydrogen-bond acceptors (Lipinski definition) is 0. The highest BCUT2D eigenvalue weighted by Crippen LogP contribution is 2.13. The van der Waals surface area contributed by atoms with Crippen LogP contribution in [0.15, 0.2) is 0 Å². The highest BCUT2D eigenvalue weighted by Gasteiger charge is 1.94. The molecule has 0 spiro atoms. The van der Waals surface area contributed by atoms with Crippen molar-refractivity contribution in [3.05, 3.63) is 0 Å². The molecule has 2 heteroatoms. The zero-order valence-electron chi connectivity index (χ0n) is 13.6. The number of alkyl halides is 1. The lowest BCUT2D eigenvalue weighted by Gasteiger charge is -2.03. The van der Waals surface area contributed by atoms with E-state index in [2.05, 4.69) is 10.2 Å². The molecule has 0 amide bonds. The number of halogens is 1. The Labute approximate surface area is 136 Å². The van der Waals surface area contributed by atoms with E-state index in [9.17, 15) is 0 Å². The maximum absolute atomic E-state index is 5.66. The Morgan fingerprint density at radius 1 is 0.400 bits per heavy atom. The van der Waals surface area contributed by atoms with E-state index in [0.29, 0.717) is 0 Å². The minimum atomic E-state index is 0.844. The summed E-state index contributed by atoms with van der Waals surface area (Å²) in [6.07, 6.45) is 22.7. The molecule has 0 nitrogen and oxygen atoms in total. The second-order valence-electron chi connectivity index (χ2n) is 6.10. The zero-order valence-corrected chi connectivity index (χ0v) is 15.4. The van der Waals surface area contributed by atoms with Crippen LogP contribution in [-0.4, -0.2) is 16.1 Å². The van der Waals surface area contributed by atoms with Gasteiger partial charge in [0.2, 0.25) is 0 Å². The van der Waals surface area contributed by atoms with Crippen molar-refractivity contribution in [2.45, 2.75) is 109 Å². The summed E-state index contributed by atoms with van der Waals surface area (Å²) in [7, 11) is 3.53. The van der Waals surface area contributed by atoms with Crippen molar-refractivity contribution in [3.8, 4) is 0 Å². The third kappa shape index (κ3) is 18.5. The maximum Gasteiger partial charge on any atom is 0.0223 e. The van der Waals surface area contributed by atoms with Gasteiger partial charge < -0.3 is 0 Å². The Kier molecular flexibility index (Phi) is 20.0. The van der Waals surface area contributed by atoms with E-state index in [1.54, 1.807) is 0 Å². The quantitative estimate of drug-likeness (QED) is 0.153. The molecule has 0 aromatic heterocycles. The van der Waals surface area contributed by atoms with Crippen LogP contribution in [0.1, 0.15) is 103 Å². The third-order valence-corrected chi connectivity index (χ3v) is 4.68. The van der Waals surface area contributed by atoms with Crippen LogP contribution < -0.4 is 0 Å². The molecule has 0 heterocycles. The molecule has 0 unspecified atom stereocenters. The fourth-order valence-corrected chi connectivity index (χ4v) is 3.13. The standard InChI is InChI=1S/C18H36ClSi/c19-17-15-13-11-9-7-5-3-1-2-4-6-8-10-12-14-16-18-20/h1-18H2. The van der Waals surface area contributed by atoms with Crippen molar-refractivity contribution < 1.29 is 0 Å². The van der Waals surface area contributed by atoms with Crippen LogP contribution in [0.2, 0.25) is 6.04 Å². The van der Waals surface area contributed by atoms with Crippen molar-refractivity contribution in [3.63, 3.8) is 0 Å². The molecule has 0 aromatic carbocycles.